The van der Waals surface area contributed by atoms with Gasteiger partial charge in [-0.15, -0.1) is 0 Å². The Balaban J connectivity index is 4.25. The first-order chi connectivity index (χ1) is 13.8. The summed E-state index contributed by atoms with van der Waals surface area (Å²) in [5.74, 6) is 0. The molecule has 0 aromatic heterocycles. The van der Waals surface area contributed by atoms with Crippen molar-refractivity contribution in [1.82, 2.24) is 4.90 Å². The highest BCUT2D eigenvalue weighted by atomic mass is 28.3. The highest BCUT2D eigenvalue weighted by molar-refractivity contribution is 6.76. The van der Waals surface area contributed by atoms with Gasteiger partial charge in [0.05, 0.1) is 38.1 Å². The summed E-state index contributed by atoms with van der Waals surface area (Å²) in [7, 11) is -2.14. The Morgan fingerprint density at radius 3 is 1.37 bits per heavy atom. The van der Waals surface area contributed by atoms with Gasteiger partial charge in [-0.2, -0.15) is 0 Å². The quantitative estimate of drug-likeness (QED) is 0.170. The second-order valence-electron chi connectivity index (χ2n) is 10.8. The second kappa shape index (κ2) is 15.9. The van der Waals surface area contributed by atoms with Crippen molar-refractivity contribution in [3.63, 3.8) is 0 Å². The molecule has 0 aliphatic rings. The van der Waals surface area contributed by atoms with Gasteiger partial charge in [-0.1, -0.05) is 51.4 Å². The van der Waals surface area contributed by atoms with E-state index >= 15 is 0 Å². The van der Waals surface area contributed by atoms with Crippen LogP contribution in [0.25, 0.3) is 0 Å². The third-order valence-electron chi connectivity index (χ3n) is 4.67. The van der Waals surface area contributed by atoms with Crippen molar-refractivity contribution >= 4 is 16.1 Å². The minimum Gasteiger partial charge on any atom is -0.394 e. The number of aliphatic hydroxyl groups excluding tert-OH is 4. The Labute approximate surface area is 186 Å². The van der Waals surface area contributed by atoms with Crippen molar-refractivity contribution in [2.45, 2.75) is 82.5 Å². The molecule has 0 bridgehead atoms. The maximum absolute atomic E-state index is 10.3. The molecule has 0 radical (unpaired) electrons. The minimum atomic E-state index is -1.07. The highest BCUT2D eigenvalue weighted by Gasteiger charge is 2.19. The predicted octanol–water partition coefficient (Wildman–Crippen LogP) is 1.85. The fourth-order valence-electron chi connectivity index (χ4n) is 3.13. The van der Waals surface area contributed by atoms with Crippen LogP contribution >= 0.6 is 0 Å². The zero-order chi connectivity index (χ0) is 23.2. The maximum atomic E-state index is 10.3. The molecule has 0 saturated heterocycles. The molecule has 0 rings (SSSR count). The lowest BCUT2D eigenvalue weighted by atomic mass is 10.2. The molecule has 0 heterocycles. The van der Waals surface area contributed by atoms with Gasteiger partial charge in [0.2, 0.25) is 0 Å². The van der Waals surface area contributed by atoms with Crippen molar-refractivity contribution in [3.8, 4) is 0 Å². The lowest BCUT2D eigenvalue weighted by Crippen LogP contribution is -2.45. The fourth-order valence-corrected chi connectivity index (χ4v) is 5.54. The smallest absolute Gasteiger partial charge is 0.0900 e. The normalized spacial score (nSPS) is 16.1. The Morgan fingerprint density at radius 1 is 0.667 bits per heavy atom. The van der Waals surface area contributed by atoms with Gasteiger partial charge in [0.1, 0.15) is 0 Å². The Morgan fingerprint density at radius 2 is 1.03 bits per heavy atom. The average molecular weight is 468 g/mol. The zero-order valence-corrected chi connectivity index (χ0v) is 22.3. The highest BCUT2D eigenvalue weighted by Crippen LogP contribution is 2.12. The molecule has 3 atom stereocenters. The van der Waals surface area contributed by atoms with Gasteiger partial charge in [-0.3, -0.25) is 4.90 Å². The van der Waals surface area contributed by atoms with Crippen molar-refractivity contribution < 1.29 is 29.9 Å². The predicted molar refractivity (Wildman–Crippen MR) is 129 cm³/mol. The molecule has 9 heteroatoms. The lowest BCUT2D eigenvalue weighted by molar-refractivity contribution is -0.0253. The summed E-state index contributed by atoms with van der Waals surface area (Å²) < 4.78 is 11.2. The number of hydrogen-bond acceptors (Lipinski definition) is 7. The van der Waals surface area contributed by atoms with Gasteiger partial charge in [-0.25, -0.2) is 0 Å². The van der Waals surface area contributed by atoms with E-state index in [-0.39, 0.29) is 39.5 Å². The molecular formula is C21H49NO6Si2. The van der Waals surface area contributed by atoms with E-state index in [4.69, 9.17) is 14.6 Å². The molecule has 0 aliphatic heterocycles. The first-order valence-electron chi connectivity index (χ1n) is 11.4. The van der Waals surface area contributed by atoms with Crippen LogP contribution in [-0.2, 0) is 9.47 Å². The standard InChI is InChI=1S/C21H49NO6Si2/c1-29(2,3)11-7-9-27-17-20(25)14-22(13-19(24)16-23)15-21(26)18-28-10-8-12-30(4,5)6/h19-21,23-26H,7-18H2,1-6H3. The van der Waals surface area contributed by atoms with Crippen LogP contribution in [0, 0.1) is 0 Å². The SMILES string of the molecule is C[Si](C)(C)CCCOCC(O)CN(CC(O)CO)CC(O)COCCC[Si](C)(C)C. The summed E-state index contributed by atoms with van der Waals surface area (Å²) in [6.45, 7) is 16.0. The molecule has 0 aromatic rings. The van der Waals surface area contributed by atoms with Crippen molar-refractivity contribution in [2.24, 2.45) is 0 Å². The van der Waals surface area contributed by atoms with Crippen molar-refractivity contribution in [1.29, 1.82) is 0 Å². The maximum Gasteiger partial charge on any atom is 0.0900 e. The molecular weight excluding hydrogens is 418 g/mol. The van der Waals surface area contributed by atoms with E-state index in [1.54, 1.807) is 4.90 Å². The zero-order valence-electron chi connectivity index (χ0n) is 20.3. The van der Waals surface area contributed by atoms with Crippen LogP contribution in [0.4, 0.5) is 0 Å². The van der Waals surface area contributed by atoms with E-state index in [9.17, 15) is 15.3 Å². The Hall–Kier alpha value is 0.154. The minimum absolute atomic E-state index is 0.176. The summed E-state index contributed by atoms with van der Waals surface area (Å²) in [4.78, 5) is 1.76. The number of aliphatic hydroxyl groups is 4. The van der Waals surface area contributed by atoms with E-state index in [1.807, 2.05) is 0 Å². The summed E-state index contributed by atoms with van der Waals surface area (Å²) in [5, 5.41) is 39.5. The van der Waals surface area contributed by atoms with Crippen LogP contribution in [0.1, 0.15) is 12.8 Å². The van der Waals surface area contributed by atoms with E-state index in [0.29, 0.717) is 13.2 Å². The molecule has 0 spiro atoms. The molecule has 0 amide bonds. The van der Waals surface area contributed by atoms with Crippen LogP contribution in [0.3, 0.4) is 0 Å². The molecule has 3 unspecified atom stereocenters. The monoisotopic (exact) mass is 467 g/mol. The molecule has 0 aromatic carbocycles. The van der Waals surface area contributed by atoms with E-state index < -0.39 is 34.5 Å². The van der Waals surface area contributed by atoms with E-state index in [1.165, 1.54) is 12.1 Å². The number of ether oxygens (including phenoxy) is 2. The van der Waals surface area contributed by atoms with Gasteiger partial charge in [-0.05, 0) is 12.8 Å². The summed E-state index contributed by atoms with van der Waals surface area (Å²) >= 11 is 0. The molecule has 0 saturated carbocycles. The van der Waals surface area contributed by atoms with Crippen LogP contribution in [-0.4, -0.2) is 112 Å². The van der Waals surface area contributed by atoms with Gasteiger partial charge in [0, 0.05) is 49.0 Å². The molecule has 0 aliphatic carbocycles. The molecule has 0 fully saturated rings. The summed E-state index contributed by atoms with van der Waals surface area (Å²) in [6.07, 6.45) is -0.341. The van der Waals surface area contributed by atoms with Crippen LogP contribution in [0.15, 0.2) is 0 Å². The van der Waals surface area contributed by atoms with Crippen LogP contribution in [0.2, 0.25) is 51.4 Å². The molecule has 30 heavy (non-hydrogen) atoms. The molecule has 7 nitrogen and oxygen atoms in total. The number of hydrogen-bond donors (Lipinski definition) is 4. The third kappa shape index (κ3) is 20.1. The van der Waals surface area contributed by atoms with Gasteiger partial charge in [0.25, 0.3) is 0 Å². The topological polar surface area (TPSA) is 103 Å². The van der Waals surface area contributed by atoms with Crippen molar-refractivity contribution in [2.75, 3.05) is 52.7 Å². The summed E-state index contributed by atoms with van der Waals surface area (Å²) in [5.41, 5.74) is 0. The second-order valence-corrected chi connectivity index (χ2v) is 22.1. The summed E-state index contributed by atoms with van der Waals surface area (Å²) in [6, 6.07) is 2.39. The van der Waals surface area contributed by atoms with Crippen LogP contribution < -0.4 is 0 Å². The lowest BCUT2D eigenvalue weighted by Gasteiger charge is -2.28. The van der Waals surface area contributed by atoms with Gasteiger partial charge >= 0.3 is 0 Å². The fraction of sp³-hybridized carbons (Fsp3) is 1.00. The largest absolute Gasteiger partial charge is 0.394 e. The first kappa shape index (κ1) is 30.2. The molecule has 182 valence electrons. The van der Waals surface area contributed by atoms with Gasteiger partial charge in [0.15, 0.2) is 0 Å². The van der Waals surface area contributed by atoms with E-state index in [0.717, 1.165) is 12.8 Å². The Kier molecular flexibility index (Phi) is 16.0. The third-order valence-corrected chi connectivity index (χ3v) is 8.38. The molecule has 4 N–H and O–H groups in total. The Bertz CT molecular complexity index is 385. The van der Waals surface area contributed by atoms with Crippen LogP contribution in [0.5, 0.6) is 0 Å². The van der Waals surface area contributed by atoms with Gasteiger partial charge < -0.3 is 29.9 Å². The average Bonchev–Trinajstić information content (AvgIpc) is 2.58. The van der Waals surface area contributed by atoms with E-state index in [2.05, 4.69) is 39.3 Å². The van der Waals surface area contributed by atoms with Crippen molar-refractivity contribution in [3.05, 3.63) is 0 Å². The first-order valence-corrected chi connectivity index (χ1v) is 18.8. The number of rotatable bonds is 19. The number of nitrogens with zero attached hydrogens (tertiary/aromatic N) is 1.